The quantitative estimate of drug-likeness (QED) is 0.720. The van der Waals surface area contributed by atoms with Crippen LogP contribution in [0, 0.1) is 5.41 Å². The number of hydrogen-bond acceptors (Lipinski definition) is 2. The Kier molecular flexibility index (Phi) is 3.49. The topological polar surface area (TPSA) is 38.0 Å². The maximum Gasteiger partial charge on any atom is 0.0314 e. The third-order valence-electron chi connectivity index (χ3n) is 3.55. The molecule has 1 fully saturated rings. The maximum absolute atomic E-state index is 5.65. The van der Waals surface area contributed by atoms with Crippen molar-refractivity contribution in [1.82, 2.24) is 5.32 Å². The molecule has 2 heteroatoms. The third kappa shape index (κ3) is 2.99. The van der Waals surface area contributed by atoms with Crippen molar-refractivity contribution in [3.05, 3.63) is 29.8 Å². The number of hydrogen-bond donors (Lipinski definition) is 2. The predicted molar refractivity (Wildman–Crippen MR) is 69.1 cm³/mol. The van der Waals surface area contributed by atoms with Crippen molar-refractivity contribution in [2.75, 3.05) is 12.3 Å². The second-order valence-electron chi connectivity index (χ2n) is 5.10. The number of rotatable bonds is 6. The van der Waals surface area contributed by atoms with Gasteiger partial charge in [-0.15, -0.1) is 0 Å². The van der Waals surface area contributed by atoms with Crippen LogP contribution in [0.1, 0.15) is 38.2 Å². The van der Waals surface area contributed by atoms with E-state index in [1.807, 2.05) is 12.1 Å². The summed E-state index contributed by atoms with van der Waals surface area (Å²) in [5.41, 5.74) is 8.46. The van der Waals surface area contributed by atoms with Gasteiger partial charge in [-0.3, -0.25) is 0 Å². The first-order valence-electron chi connectivity index (χ1n) is 6.29. The molecule has 88 valence electrons. The molecule has 3 N–H and O–H groups in total. The summed E-state index contributed by atoms with van der Waals surface area (Å²) in [5.74, 6) is 0. The molecule has 0 radical (unpaired) electrons. The van der Waals surface area contributed by atoms with Gasteiger partial charge in [0.05, 0.1) is 0 Å². The number of anilines is 1. The van der Waals surface area contributed by atoms with Gasteiger partial charge < -0.3 is 11.1 Å². The Bertz CT molecular complexity index is 325. The molecule has 16 heavy (non-hydrogen) atoms. The van der Waals surface area contributed by atoms with Gasteiger partial charge in [0.25, 0.3) is 0 Å². The predicted octanol–water partition coefficient (Wildman–Crippen LogP) is 2.94. The Hall–Kier alpha value is -1.02. The maximum atomic E-state index is 5.65. The molecule has 0 aromatic heterocycles. The van der Waals surface area contributed by atoms with Gasteiger partial charge in [-0.2, -0.15) is 0 Å². The van der Waals surface area contributed by atoms with Crippen LogP contribution in [0.25, 0.3) is 0 Å². The minimum absolute atomic E-state index is 0.641. The molecule has 0 aliphatic heterocycles. The van der Waals surface area contributed by atoms with E-state index in [4.69, 9.17) is 5.73 Å². The van der Waals surface area contributed by atoms with E-state index in [0.717, 1.165) is 12.2 Å². The normalized spacial score (nSPS) is 17.3. The van der Waals surface area contributed by atoms with Crippen LogP contribution in [0.4, 0.5) is 5.69 Å². The highest BCUT2D eigenvalue weighted by atomic mass is 14.9. The molecule has 0 heterocycles. The summed E-state index contributed by atoms with van der Waals surface area (Å²) in [6.07, 6.45) is 5.51. The smallest absolute Gasteiger partial charge is 0.0314 e. The van der Waals surface area contributed by atoms with E-state index in [1.54, 1.807) is 0 Å². The zero-order valence-electron chi connectivity index (χ0n) is 10.1. The van der Waals surface area contributed by atoms with Crippen molar-refractivity contribution < 1.29 is 0 Å². The van der Waals surface area contributed by atoms with Crippen molar-refractivity contribution in [3.63, 3.8) is 0 Å². The number of benzene rings is 1. The monoisotopic (exact) mass is 218 g/mol. The first kappa shape index (κ1) is 11.5. The molecule has 1 saturated carbocycles. The van der Waals surface area contributed by atoms with Crippen LogP contribution in [-0.2, 0) is 6.54 Å². The van der Waals surface area contributed by atoms with Crippen LogP contribution < -0.4 is 11.1 Å². The lowest BCUT2D eigenvalue weighted by Crippen LogP contribution is -2.23. The van der Waals surface area contributed by atoms with Crippen LogP contribution in [0.5, 0.6) is 0 Å². The van der Waals surface area contributed by atoms with Crippen LogP contribution in [-0.4, -0.2) is 6.54 Å². The highest BCUT2D eigenvalue weighted by Crippen LogP contribution is 2.48. The summed E-state index contributed by atoms with van der Waals surface area (Å²) in [6.45, 7) is 4.41. The molecule has 0 unspecified atom stereocenters. The highest BCUT2D eigenvalue weighted by Gasteiger charge is 2.40. The van der Waals surface area contributed by atoms with Gasteiger partial charge in [-0.05, 0) is 42.4 Å². The van der Waals surface area contributed by atoms with Crippen LogP contribution >= 0.6 is 0 Å². The molecule has 0 atom stereocenters. The lowest BCUT2D eigenvalue weighted by atomic mass is 10.0. The van der Waals surface area contributed by atoms with E-state index in [2.05, 4.69) is 24.4 Å². The van der Waals surface area contributed by atoms with Gasteiger partial charge >= 0.3 is 0 Å². The molecule has 0 amide bonds. The fourth-order valence-electron chi connectivity index (χ4n) is 2.33. The van der Waals surface area contributed by atoms with Gasteiger partial charge in [0.2, 0.25) is 0 Å². The molecule has 0 spiro atoms. The van der Waals surface area contributed by atoms with E-state index < -0.39 is 0 Å². The summed E-state index contributed by atoms with van der Waals surface area (Å²) in [7, 11) is 0. The summed E-state index contributed by atoms with van der Waals surface area (Å²) >= 11 is 0. The SMILES string of the molecule is CCCC1(CNCc2ccc(N)cc2)CC1. The Balaban J connectivity index is 1.74. The van der Waals surface area contributed by atoms with E-state index in [0.29, 0.717) is 5.41 Å². The lowest BCUT2D eigenvalue weighted by Gasteiger charge is -2.14. The molecule has 2 nitrogen and oxygen atoms in total. The highest BCUT2D eigenvalue weighted by molar-refractivity contribution is 5.39. The Morgan fingerprint density at radius 2 is 1.94 bits per heavy atom. The summed E-state index contributed by atoms with van der Waals surface area (Å²) in [5, 5.41) is 3.57. The zero-order valence-corrected chi connectivity index (χ0v) is 10.1. The largest absolute Gasteiger partial charge is 0.399 e. The lowest BCUT2D eigenvalue weighted by molar-refractivity contribution is 0.421. The second-order valence-corrected chi connectivity index (χ2v) is 5.10. The molecule has 1 aliphatic carbocycles. The van der Waals surface area contributed by atoms with E-state index in [9.17, 15) is 0 Å². The van der Waals surface area contributed by atoms with Gasteiger partial charge in [0.1, 0.15) is 0 Å². The molecule has 1 aliphatic rings. The van der Waals surface area contributed by atoms with Crippen molar-refractivity contribution in [3.8, 4) is 0 Å². The van der Waals surface area contributed by atoms with Gasteiger partial charge in [0, 0.05) is 18.8 Å². The number of nitrogens with one attached hydrogen (secondary N) is 1. The van der Waals surface area contributed by atoms with E-state index in [-0.39, 0.29) is 0 Å². The van der Waals surface area contributed by atoms with Gasteiger partial charge in [-0.1, -0.05) is 25.5 Å². The van der Waals surface area contributed by atoms with Crippen molar-refractivity contribution in [2.24, 2.45) is 5.41 Å². The zero-order chi connectivity index (χ0) is 11.4. The number of nitrogen functional groups attached to an aromatic ring is 1. The van der Waals surface area contributed by atoms with Gasteiger partial charge in [-0.25, -0.2) is 0 Å². The first-order valence-corrected chi connectivity index (χ1v) is 6.29. The van der Waals surface area contributed by atoms with E-state index in [1.165, 1.54) is 37.8 Å². The summed E-state index contributed by atoms with van der Waals surface area (Å²) < 4.78 is 0. The molecule has 1 aromatic carbocycles. The average molecular weight is 218 g/mol. The third-order valence-corrected chi connectivity index (χ3v) is 3.55. The van der Waals surface area contributed by atoms with Crippen LogP contribution in [0.3, 0.4) is 0 Å². The van der Waals surface area contributed by atoms with Gasteiger partial charge in [0.15, 0.2) is 0 Å². The minimum Gasteiger partial charge on any atom is -0.399 e. The van der Waals surface area contributed by atoms with Crippen molar-refractivity contribution in [1.29, 1.82) is 0 Å². The van der Waals surface area contributed by atoms with E-state index >= 15 is 0 Å². The van der Waals surface area contributed by atoms with Crippen molar-refractivity contribution >= 4 is 5.69 Å². The molecule has 0 bridgehead atoms. The average Bonchev–Trinajstić information content (AvgIpc) is 3.02. The fraction of sp³-hybridized carbons (Fsp3) is 0.571. The van der Waals surface area contributed by atoms with Crippen LogP contribution in [0.15, 0.2) is 24.3 Å². The van der Waals surface area contributed by atoms with Crippen LogP contribution in [0.2, 0.25) is 0 Å². The second kappa shape index (κ2) is 4.88. The standard InChI is InChI=1S/C14H22N2/c1-2-7-14(8-9-14)11-16-10-12-3-5-13(15)6-4-12/h3-6,16H,2,7-11,15H2,1H3. The molecular weight excluding hydrogens is 196 g/mol. The Morgan fingerprint density at radius 1 is 1.25 bits per heavy atom. The molecular formula is C14H22N2. The minimum atomic E-state index is 0.641. The first-order chi connectivity index (χ1) is 7.74. The van der Waals surface area contributed by atoms with Crippen molar-refractivity contribution in [2.45, 2.75) is 39.2 Å². The molecule has 2 rings (SSSR count). The number of nitrogens with two attached hydrogens (primary N) is 1. The Labute approximate surface area is 98.2 Å². The molecule has 1 aromatic rings. The fourth-order valence-corrected chi connectivity index (χ4v) is 2.33. The molecule has 0 saturated heterocycles. The summed E-state index contributed by atoms with van der Waals surface area (Å²) in [6, 6.07) is 8.13. The summed E-state index contributed by atoms with van der Waals surface area (Å²) in [4.78, 5) is 0. The Morgan fingerprint density at radius 3 is 2.50 bits per heavy atom.